The van der Waals surface area contributed by atoms with Gasteiger partial charge in [0.1, 0.15) is 0 Å². The largest absolute Gasteiger partial charge is 0.286 e. The van der Waals surface area contributed by atoms with Crippen LogP contribution < -0.4 is 0 Å². The number of nitrogens with zero attached hydrogens (tertiary/aromatic N) is 2. The van der Waals surface area contributed by atoms with Crippen molar-refractivity contribution in [2.24, 2.45) is 0 Å². The van der Waals surface area contributed by atoms with E-state index in [1.807, 2.05) is 30.3 Å². The van der Waals surface area contributed by atoms with Gasteiger partial charge in [-0.15, -0.1) is 11.3 Å². The van der Waals surface area contributed by atoms with E-state index in [4.69, 9.17) is 11.6 Å². The van der Waals surface area contributed by atoms with E-state index >= 15 is 0 Å². The summed E-state index contributed by atoms with van der Waals surface area (Å²) in [7, 11) is 0. The first kappa shape index (κ1) is 14.4. The zero-order chi connectivity index (χ0) is 15.9. The van der Waals surface area contributed by atoms with Gasteiger partial charge in [0.2, 0.25) is 0 Å². The van der Waals surface area contributed by atoms with Crippen molar-refractivity contribution in [1.29, 1.82) is 0 Å². The molecule has 6 nitrogen and oxygen atoms in total. The molecule has 0 saturated heterocycles. The Morgan fingerprint density at radius 1 is 1.00 bits per heavy atom. The van der Waals surface area contributed by atoms with Gasteiger partial charge >= 0.3 is 0 Å². The summed E-state index contributed by atoms with van der Waals surface area (Å²) in [6, 6.07) is 11.4. The predicted octanol–water partition coefficient (Wildman–Crippen LogP) is 5.04. The third kappa shape index (κ3) is 2.30. The predicted molar refractivity (Wildman–Crippen MR) is 85.6 cm³/mol. The molecule has 8 heteroatoms. The molecule has 0 bridgehead atoms. The maximum Gasteiger partial charge on any atom is 0.286 e. The maximum absolute atomic E-state index is 11.2. The standard InChI is InChI=1S/C14H7ClN2O4S/c15-13-12-10(17(20)21)6-9(16(18)19)7-11(12)22-14(13)8-4-2-1-3-5-8/h1-7H. The zero-order valence-corrected chi connectivity index (χ0v) is 12.4. The molecular weight excluding hydrogens is 328 g/mol. The summed E-state index contributed by atoms with van der Waals surface area (Å²) < 4.78 is 0.421. The molecule has 0 radical (unpaired) electrons. The number of nitro benzene ring substituents is 2. The topological polar surface area (TPSA) is 86.3 Å². The number of non-ortho nitro benzene ring substituents is 2. The minimum Gasteiger partial charge on any atom is -0.258 e. The monoisotopic (exact) mass is 334 g/mol. The van der Waals surface area contributed by atoms with Crippen molar-refractivity contribution in [3.05, 3.63) is 67.7 Å². The summed E-state index contributed by atoms with van der Waals surface area (Å²) in [6.07, 6.45) is 0. The Bertz CT molecular complexity index is 908. The summed E-state index contributed by atoms with van der Waals surface area (Å²) in [4.78, 5) is 21.5. The van der Waals surface area contributed by atoms with E-state index < -0.39 is 9.85 Å². The molecular formula is C14H7ClN2O4S. The van der Waals surface area contributed by atoms with Crippen LogP contribution in [0.15, 0.2) is 42.5 Å². The lowest BCUT2D eigenvalue weighted by Crippen LogP contribution is -1.93. The first-order valence-electron chi connectivity index (χ1n) is 6.09. The van der Waals surface area contributed by atoms with Gasteiger partial charge in [-0.1, -0.05) is 41.9 Å². The fourth-order valence-electron chi connectivity index (χ4n) is 2.18. The molecule has 0 atom stereocenters. The lowest BCUT2D eigenvalue weighted by Gasteiger charge is -1.98. The number of hydrogen-bond acceptors (Lipinski definition) is 5. The van der Waals surface area contributed by atoms with Crippen molar-refractivity contribution >= 4 is 44.4 Å². The van der Waals surface area contributed by atoms with Crippen LogP contribution in [0.1, 0.15) is 0 Å². The van der Waals surface area contributed by atoms with Gasteiger partial charge < -0.3 is 0 Å². The second kappa shape index (κ2) is 5.36. The molecule has 2 aromatic carbocycles. The third-order valence-corrected chi connectivity index (χ3v) is 4.82. The van der Waals surface area contributed by atoms with Gasteiger partial charge in [0.15, 0.2) is 0 Å². The molecule has 0 aliphatic heterocycles. The van der Waals surface area contributed by atoms with Crippen LogP contribution in [0.4, 0.5) is 11.4 Å². The molecule has 1 heterocycles. The van der Waals surface area contributed by atoms with Crippen LogP contribution in [0.3, 0.4) is 0 Å². The zero-order valence-electron chi connectivity index (χ0n) is 10.9. The Kier molecular flexibility index (Phi) is 3.51. The number of halogens is 1. The summed E-state index contributed by atoms with van der Waals surface area (Å²) in [5, 5.41) is 22.6. The summed E-state index contributed by atoms with van der Waals surface area (Å²) in [6.45, 7) is 0. The molecule has 0 aliphatic rings. The van der Waals surface area contributed by atoms with Crippen LogP contribution in [0.5, 0.6) is 0 Å². The van der Waals surface area contributed by atoms with Gasteiger partial charge in [0, 0.05) is 6.07 Å². The Morgan fingerprint density at radius 2 is 1.68 bits per heavy atom. The second-order valence-corrected chi connectivity index (χ2v) is 5.89. The Balaban J connectivity index is 2.36. The second-order valence-electron chi connectivity index (χ2n) is 4.46. The Morgan fingerprint density at radius 3 is 2.27 bits per heavy atom. The molecule has 0 unspecified atom stereocenters. The van der Waals surface area contributed by atoms with Crippen molar-refractivity contribution in [2.75, 3.05) is 0 Å². The van der Waals surface area contributed by atoms with Gasteiger partial charge in [-0.05, 0) is 5.56 Å². The number of thiophene rings is 1. The van der Waals surface area contributed by atoms with Gasteiger partial charge in [0.25, 0.3) is 11.4 Å². The molecule has 0 spiro atoms. The third-order valence-electron chi connectivity index (χ3n) is 3.14. The smallest absolute Gasteiger partial charge is 0.258 e. The van der Waals surface area contributed by atoms with Crippen molar-refractivity contribution < 1.29 is 9.85 Å². The molecule has 0 aliphatic carbocycles. The average Bonchev–Trinajstić information content (AvgIpc) is 2.84. The molecule has 0 fully saturated rings. The quantitative estimate of drug-likeness (QED) is 0.496. The number of hydrogen-bond donors (Lipinski definition) is 0. The van der Waals surface area contributed by atoms with E-state index in [1.165, 1.54) is 17.4 Å². The minimum absolute atomic E-state index is 0.237. The van der Waals surface area contributed by atoms with Crippen LogP contribution in [-0.2, 0) is 0 Å². The SMILES string of the molecule is O=[N+]([O-])c1cc([N+](=O)[O-])c2c(Cl)c(-c3ccccc3)sc2c1. The number of benzene rings is 2. The number of nitro groups is 2. The molecule has 0 N–H and O–H groups in total. The molecule has 1 aromatic heterocycles. The number of fused-ring (bicyclic) bond motifs is 1. The summed E-state index contributed by atoms with van der Waals surface area (Å²) >= 11 is 7.51. The van der Waals surface area contributed by atoms with Crippen LogP contribution in [-0.4, -0.2) is 9.85 Å². The van der Waals surface area contributed by atoms with Crippen molar-refractivity contribution in [3.8, 4) is 10.4 Å². The minimum atomic E-state index is -0.651. The number of rotatable bonds is 3. The van der Waals surface area contributed by atoms with Gasteiger partial charge in [-0.3, -0.25) is 20.2 Å². The highest BCUT2D eigenvalue weighted by Crippen LogP contribution is 2.46. The average molecular weight is 335 g/mol. The summed E-state index contributed by atoms with van der Waals surface area (Å²) in [5.74, 6) is 0. The molecule has 0 amide bonds. The fraction of sp³-hybridized carbons (Fsp3) is 0. The normalized spacial score (nSPS) is 10.8. The van der Waals surface area contributed by atoms with Gasteiger partial charge in [-0.25, -0.2) is 0 Å². The van der Waals surface area contributed by atoms with E-state index in [-0.39, 0.29) is 21.8 Å². The molecule has 0 saturated carbocycles. The van der Waals surface area contributed by atoms with E-state index in [0.717, 1.165) is 11.6 Å². The van der Waals surface area contributed by atoms with Crippen molar-refractivity contribution in [2.45, 2.75) is 0 Å². The van der Waals surface area contributed by atoms with E-state index in [0.29, 0.717) is 9.58 Å². The highest BCUT2D eigenvalue weighted by molar-refractivity contribution is 7.23. The van der Waals surface area contributed by atoms with Crippen LogP contribution in [0.25, 0.3) is 20.5 Å². The molecule has 3 rings (SSSR count). The molecule has 110 valence electrons. The van der Waals surface area contributed by atoms with Crippen LogP contribution in [0, 0.1) is 20.2 Å². The van der Waals surface area contributed by atoms with Gasteiger partial charge in [-0.2, -0.15) is 0 Å². The highest BCUT2D eigenvalue weighted by Gasteiger charge is 2.25. The first-order valence-corrected chi connectivity index (χ1v) is 7.28. The van der Waals surface area contributed by atoms with Crippen LogP contribution >= 0.6 is 22.9 Å². The van der Waals surface area contributed by atoms with E-state index in [9.17, 15) is 20.2 Å². The van der Waals surface area contributed by atoms with Crippen LogP contribution in [0.2, 0.25) is 5.02 Å². The maximum atomic E-state index is 11.2. The van der Waals surface area contributed by atoms with Crippen molar-refractivity contribution in [3.63, 3.8) is 0 Å². The molecule has 22 heavy (non-hydrogen) atoms. The fourth-order valence-corrected chi connectivity index (χ4v) is 3.81. The van der Waals surface area contributed by atoms with Gasteiger partial charge in [0.05, 0.1) is 35.9 Å². The van der Waals surface area contributed by atoms with Crippen molar-refractivity contribution in [1.82, 2.24) is 0 Å². The van der Waals surface area contributed by atoms with E-state index in [2.05, 4.69) is 0 Å². The first-order chi connectivity index (χ1) is 10.5. The Labute approximate surface area is 132 Å². The lowest BCUT2D eigenvalue weighted by atomic mass is 10.1. The molecule has 3 aromatic rings. The lowest BCUT2D eigenvalue weighted by molar-refractivity contribution is -0.393. The van der Waals surface area contributed by atoms with E-state index in [1.54, 1.807) is 0 Å². The highest BCUT2D eigenvalue weighted by atomic mass is 35.5. The summed E-state index contributed by atoms with van der Waals surface area (Å²) in [5.41, 5.74) is 0.134. The Hall–Kier alpha value is -2.51.